The van der Waals surface area contributed by atoms with Crippen molar-refractivity contribution in [1.29, 1.82) is 0 Å². The summed E-state index contributed by atoms with van der Waals surface area (Å²) in [6.07, 6.45) is 1.76. The number of aromatic nitrogens is 6. The number of para-hydroxylation sites is 1. The van der Waals surface area contributed by atoms with E-state index in [1.54, 1.807) is 24.9 Å². The molecular weight excluding hydrogens is 424 g/mol. The molecule has 1 aliphatic rings. The number of ether oxygens (including phenoxy) is 1. The minimum atomic E-state index is -0.239. The summed E-state index contributed by atoms with van der Waals surface area (Å²) in [5, 5.41) is 13.9. The molecule has 0 unspecified atom stereocenters. The van der Waals surface area contributed by atoms with Gasteiger partial charge in [0.25, 0.3) is 5.56 Å². The van der Waals surface area contributed by atoms with Gasteiger partial charge >= 0.3 is 0 Å². The van der Waals surface area contributed by atoms with Gasteiger partial charge in [0.2, 0.25) is 5.91 Å². The Bertz CT molecular complexity index is 1420. The van der Waals surface area contributed by atoms with Gasteiger partial charge in [0.15, 0.2) is 17.2 Å². The lowest BCUT2D eigenvalue weighted by Crippen LogP contribution is -2.15. The van der Waals surface area contributed by atoms with Crippen LogP contribution < -0.4 is 20.9 Å². The number of pyridine rings is 1. The van der Waals surface area contributed by atoms with Crippen molar-refractivity contribution in [1.82, 2.24) is 29.5 Å². The van der Waals surface area contributed by atoms with Gasteiger partial charge in [-0.1, -0.05) is 6.07 Å². The second-order valence-corrected chi connectivity index (χ2v) is 8.14. The molecule has 0 radical (unpaired) electrons. The van der Waals surface area contributed by atoms with Crippen LogP contribution in [0.15, 0.2) is 29.1 Å². The number of nitrogens with zero attached hydrogens (tertiary/aromatic N) is 5. The Morgan fingerprint density at radius 2 is 2.00 bits per heavy atom. The molecule has 0 aliphatic heterocycles. The molecule has 5 rings (SSSR count). The molecule has 1 fully saturated rings. The van der Waals surface area contributed by atoms with Gasteiger partial charge in [-0.05, 0) is 31.9 Å². The molecule has 1 aromatic carbocycles. The van der Waals surface area contributed by atoms with Gasteiger partial charge in [0, 0.05) is 26.1 Å². The predicted molar refractivity (Wildman–Crippen MR) is 124 cm³/mol. The summed E-state index contributed by atoms with van der Waals surface area (Å²) >= 11 is 0. The van der Waals surface area contributed by atoms with Crippen LogP contribution in [0, 0.1) is 12.8 Å². The van der Waals surface area contributed by atoms with Crippen LogP contribution >= 0.6 is 0 Å². The van der Waals surface area contributed by atoms with Crippen molar-refractivity contribution in [3.05, 3.63) is 40.4 Å². The first kappa shape index (κ1) is 20.7. The van der Waals surface area contributed by atoms with Crippen molar-refractivity contribution >= 4 is 34.1 Å². The van der Waals surface area contributed by atoms with E-state index in [-0.39, 0.29) is 17.4 Å². The average molecular weight is 448 g/mol. The number of aryl methyl sites for hydroxylation is 3. The predicted octanol–water partition coefficient (Wildman–Crippen LogP) is 2.47. The molecule has 1 aliphatic carbocycles. The molecule has 3 N–H and O–H groups in total. The summed E-state index contributed by atoms with van der Waals surface area (Å²) in [5.74, 6) is 2.16. The van der Waals surface area contributed by atoms with Crippen molar-refractivity contribution in [3.8, 4) is 17.1 Å². The molecule has 11 nitrogen and oxygen atoms in total. The second-order valence-electron chi connectivity index (χ2n) is 8.14. The van der Waals surface area contributed by atoms with Gasteiger partial charge in [-0.2, -0.15) is 5.10 Å². The molecule has 11 heteroatoms. The summed E-state index contributed by atoms with van der Waals surface area (Å²) in [6, 6.07) is 7.23. The topological polar surface area (TPSA) is 132 Å². The fourth-order valence-electron chi connectivity index (χ4n) is 3.71. The molecule has 0 atom stereocenters. The molecule has 33 heavy (non-hydrogen) atoms. The highest BCUT2D eigenvalue weighted by molar-refractivity contribution is 5.98. The number of hydrogen-bond donors (Lipinski definition) is 3. The number of fused-ring (bicyclic) bond motifs is 1. The quantitative estimate of drug-likeness (QED) is 0.413. The zero-order valence-corrected chi connectivity index (χ0v) is 18.8. The SMILES string of the molecule is COc1c(Nc2cc(NC(=O)C3CC3)nc3[nH]n(C)c(=O)c23)cccc1-c1nc(C)n(C)n1. The standard InChI is InChI=1S/C22H24N8O3/c1-11-23-19(27-29(11)2)13-6-5-7-14(18(13)33-4)24-15-10-16(26-21(31)12-8-9-12)25-20-17(15)22(32)30(3)28-20/h5-7,10,12H,8-9H2,1-4H3,(H3,24,25,26,28,31). The van der Waals surface area contributed by atoms with Crippen molar-refractivity contribution in [2.75, 3.05) is 17.7 Å². The first-order valence-corrected chi connectivity index (χ1v) is 10.6. The molecule has 170 valence electrons. The molecule has 1 saturated carbocycles. The van der Waals surface area contributed by atoms with Gasteiger partial charge in [-0.25, -0.2) is 9.97 Å². The van der Waals surface area contributed by atoms with Crippen LogP contribution in [0.3, 0.4) is 0 Å². The molecule has 0 bridgehead atoms. The number of methoxy groups -OCH3 is 1. The molecule has 3 heterocycles. The van der Waals surface area contributed by atoms with E-state index in [4.69, 9.17) is 4.74 Å². The third-order valence-electron chi connectivity index (χ3n) is 5.72. The van der Waals surface area contributed by atoms with Crippen LogP contribution in [0.2, 0.25) is 0 Å². The van der Waals surface area contributed by atoms with E-state index in [2.05, 4.69) is 30.8 Å². The van der Waals surface area contributed by atoms with Crippen LogP contribution in [-0.4, -0.2) is 42.5 Å². The van der Waals surface area contributed by atoms with Crippen molar-refractivity contribution in [2.45, 2.75) is 19.8 Å². The summed E-state index contributed by atoms with van der Waals surface area (Å²) in [5.41, 5.74) is 1.96. The number of amides is 1. The molecule has 0 saturated heterocycles. The van der Waals surface area contributed by atoms with E-state index in [1.165, 1.54) is 4.68 Å². The summed E-state index contributed by atoms with van der Waals surface area (Å²) in [4.78, 5) is 34.0. The summed E-state index contributed by atoms with van der Waals surface area (Å²) in [6.45, 7) is 1.87. The Balaban J connectivity index is 1.60. The van der Waals surface area contributed by atoms with Crippen LogP contribution in [0.4, 0.5) is 17.2 Å². The lowest BCUT2D eigenvalue weighted by Gasteiger charge is -2.15. The minimum absolute atomic E-state index is 0.0276. The normalized spacial score (nSPS) is 13.3. The average Bonchev–Trinajstić information content (AvgIpc) is 3.53. The second kappa shape index (κ2) is 7.76. The highest BCUT2D eigenvalue weighted by Crippen LogP contribution is 2.38. The number of rotatable bonds is 6. The third-order valence-corrected chi connectivity index (χ3v) is 5.72. The lowest BCUT2D eigenvalue weighted by molar-refractivity contribution is -0.117. The Morgan fingerprint density at radius 3 is 2.67 bits per heavy atom. The highest BCUT2D eigenvalue weighted by Gasteiger charge is 2.30. The van der Waals surface area contributed by atoms with E-state index < -0.39 is 0 Å². The summed E-state index contributed by atoms with van der Waals surface area (Å²) < 4.78 is 8.75. The number of benzene rings is 1. The van der Waals surface area contributed by atoms with Crippen molar-refractivity contribution < 1.29 is 9.53 Å². The minimum Gasteiger partial charge on any atom is -0.494 e. The van der Waals surface area contributed by atoms with Crippen molar-refractivity contribution in [3.63, 3.8) is 0 Å². The largest absolute Gasteiger partial charge is 0.494 e. The van der Waals surface area contributed by atoms with Crippen LogP contribution in [0.25, 0.3) is 22.4 Å². The number of aromatic amines is 1. The Morgan fingerprint density at radius 1 is 1.21 bits per heavy atom. The van der Waals surface area contributed by atoms with Gasteiger partial charge in [-0.3, -0.25) is 24.1 Å². The Labute approximate surface area is 188 Å². The lowest BCUT2D eigenvalue weighted by atomic mass is 10.1. The summed E-state index contributed by atoms with van der Waals surface area (Å²) in [7, 11) is 5.01. The number of carbonyl (C=O) groups is 1. The maximum absolute atomic E-state index is 12.8. The van der Waals surface area contributed by atoms with Gasteiger partial charge in [0.05, 0.1) is 24.0 Å². The molecule has 0 spiro atoms. The van der Waals surface area contributed by atoms with E-state index in [9.17, 15) is 9.59 Å². The number of hydrogen-bond acceptors (Lipinski definition) is 7. The van der Waals surface area contributed by atoms with Crippen LogP contribution in [0.1, 0.15) is 18.7 Å². The smallest absolute Gasteiger partial charge is 0.277 e. The Hall–Kier alpha value is -4.15. The van der Waals surface area contributed by atoms with E-state index in [0.29, 0.717) is 45.4 Å². The fraction of sp³-hybridized carbons (Fsp3) is 0.318. The van der Waals surface area contributed by atoms with E-state index in [0.717, 1.165) is 18.7 Å². The number of nitrogens with one attached hydrogen (secondary N) is 3. The van der Waals surface area contributed by atoms with E-state index in [1.807, 2.05) is 32.2 Å². The molecular formula is C22H24N8O3. The van der Waals surface area contributed by atoms with Gasteiger partial charge in [-0.15, -0.1) is 0 Å². The number of carbonyl (C=O) groups excluding carboxylic acids is 1. The maximum atomic E-state index is 12.8. The van der Waals surface area contributed by atoms with Crippen LogP contribution in [0.5, 0.6) is 5.75 Å². The first-order chi connectivity index (χ1) is 15.9. The third kappa shape index (κ3) is 3.71. The first-order valence-electron chi connectivity index (χ1n) is 10.6. The number of anilines is 3. The number of H-pyrrole nitrogens is 1. The Kier molecular flexibility index (Phi) is 4.88. The van der Waals surface area contributed by atoms with E-state index >= 15 is 0 Å². The maximum Gasteiger partial charge on any atom is 0.277 e. The molecule has 4 aromatic rings. The molecule has 3 aromatic heterocycles. The zero-order chi connectivity index (χ0) is 23.3. The van der Waals surface area contributed by atoms with Crippen molar-refractivity contribution in [2.24, 2.45) is 20.0 Å². The van der Waals surface area contributed by atoms with Gasteiger partial charge < -0.3 is 15.4 Å². The monoisotopic (exact) mass is 448 g/mol. The zero-order valence-electron chi connectivity index (χ0n) is 18.8. The highest BCUT2D eigenvalue weighted by atomic mass is 16.5. The van der Waals surface area contributed by atoms with Crippen LogP contribution in [-0.2, 0) is 18.9 Å². The fourth-order valence-corrected chi connectivity index (χ4v) is 3.71. The molecule has 1 amide bonds. The van der Waals surface area contributed by atoms with Gasteiger partial charge in [0.1, 0.15) is 17.0 Å².